The van der Waals surface area contributed by atoms with E-state index in [0.29, 0.717) is 6.20 Å². The first-order valence-corrected chi connectivity index (χ1v) is 4.74. The molecule has 0 bridgehead atoms. The largest absolute Gasteiger partial charge is 0.573 e. The van der Waals surface area contributed by atoms with Crippen molar-refractivity contribution in [3.63, 3.8) is 0 Å². The third-order valence-electron chi connectivity index (χ3n) is 2.00. The monoisotopic (exact) mass is 297 g/mol. The third-order valence-corrected chi connectivity index (χ3v) is 2.00. The van der Waals surface area contributed by atoms with Crippen LogP contribution in [0.3, 0.4) is 0 Å². The van der Waals surface area contributed by atoms with E-state index in [4.69, 9.17) is 5.26 Å². The third kappa shape index (κ3) is 3.50. The minimum atomic E-state index is -5.36. The van der Waals surface area contributed by atoms with Crippen LogP contribution < -0.4 is 4.74 Å². The van der Waals surface area contributed by atoms with E-state index < -0.39 is 46.8 Å². The van der Waals surface area contributed by atoms with Crippen LogP contribution in [-0.2, 0) is 6.42 Å². The van der Waals surface area contributed by atoms with Gasteiger partial charge in [-0.25, -0.2) is 13.8 Å². The van der Waals surface area contributed by atoms with Crippen molar-refractivity contribution in [3.8, 4) is 11.8 Å². The molecule has 1 rings (SSSR count). The summed E-state index contributed by atoms with van der Waals surface area (Å²) in [6.07, 6.45) is -9.38. The zero-order chi connectivity index (χ0) is 15.5. The molecule has 0 saturated carbocycles. The molecule has 1 heterocycles. The molecule has 0 amide bonds. The van der Waals surface area contributed by atoms with Gasteiger partial charge in [0.2, 0.25) is 0 Å². The molecule has 0 aliphatic rings. The van der Waals surface area contributed by atoms with Crippen LogP contribution in [0, 0.1) is 21.4 Å². The van der Waals surface area contributed by atoms with Crippen LogP contribution in [-0.4, -0.2) is 16.3 Å². The summed E-state index contributed by atoms with van der Waals surface area (Å²) in [7, 11) is 0. The van der Waals surface area contributed by atoms with Gasteiger partial charge in [0, 0.05) is 0 Å². The second-order valence-corrected chi connectivity index (χ2v) is 3.27. The minimum absolute atomic E-state index is 0.359. The highest BCUT2D eigenvalue weighted by molar-refractivity contribution is 5.51. The lowest BCUT2D eigenvalue weighted by atomic mass is 10.1. The van der Waals surface area contributed by atoms with E-state index in [1.165, 1.54) is 6.07 Å². The van der Waals surface area contributed by atoms with Crippen molar-refractivity contribution in [2.75, 3.05) is 0 Å². The average molecular weight is 297 g/mol. The molecule has 0 radical (unpaired) electrons. The predicted octanol–water partition coefficient (Wildman–Crippen LogP) is 2.89. The van der Waals surface area contributed by atoms with Gasteiger partial charge in [-0.2, -0.15) is 5.26 Å². The highest BCUT2D eigenvalue weighted by Gasteiger charge is 2.38. The molecule has 6 nitrogen and oxygen atoms in total. The van der Waals surface area contributed by atoms with E-state index in [1.807, 2.05) is 0 Å². The summed E-state index contributed by atoms with van der Waals surface area (Å²) in [4.78, 5) is 12.4. The Balaban J connectivity index is 3.57. The minimum Gasteiger partial charge on any atom is -0.403 e. The number of aromatic nitrogens is 1. The summed E-state index contributed by atoms with van der Waals surface area (Å²) in [5.74, 6) is -1.51. The summed E-state index contributed by atoms with van der Waals surface area (Å²) in [5, 5.41) is 18.9. The molecule has 0 aliphatic heterocycles. The zero-order valence-corrected chi connectivity index (χ0v) is 9.32. The predicted molar refractivity (Wildman–Crippen MR) is 51.8 cm³/mol. The lowest BCUT2D eigenvalue weighted by Crippen LogP contribution is -2.20. The Kier molecular flexibility index (Phi) is 4.38. The summed E-state index contributed by atoms with van der Waals surface area (Å²) >= 11 is 0. The lowest BCUT2D eigenvalue weighted by Gasteiger charge is -2.15. The van der Waals surface area contributed by atoms with E-state index in [9.17, 15) is 32.1 Å². The van der Waals surface area contributed by atoms with E-state index >= 15 is 0 Å². The normalized spacial score (nSPS) is 11.2. The summed E-state index contributed by atoms with van der Waals surface area (Å²) in [5.41, 5.74) is -3.64. The van der Waals surface area contributed by atoms with Crippen molar-refractivity contribution in [2.24, 2.45) is 0 Å². The van der Waals surface area contributed by atoms with Crippen LogP contribution in [0.4, 0.5) is 27.6 Å². The fourth-order valence-corrected chi connectivity index (χ4v) is 1.33. The van der Waals surface area contributed by atoms with Gasteiger partial charge in [-0.3, -0.25) is 10.1 Å². The Morgan fingerprint density at radius 3 is 2.50 bits per heavy atom. The molecule has 20 heavy (non-hydrogen) atoms. The number of pyridine rings is 1. The summed E-state index contributed by atoms with van der Waals surface area (Å²) in [6, 6.07) is 1.40. The molecule has 0 aromatic carbocycles. The van der Waals surface area contributed by atoms with E-state index in [0.717, 1.165) is 0 Å². The Morgan fingerprint density at radius 1 is 1.50 bits per heavy atom. The second kappa shape index (κ2) is 5.64. The molecule has 0 N–H and O–H groups in total. The standard InChI is InChI=1S/C9H4F5N3O3/c10-8(11)6-5(17(18)19)3-16-4(1-2-15)7(6)20-9(12,13)14/h3,8H,1H2. The number of halogens is 5. The Bertz CT molecular complexity index is 567. The highest BCUT2D eigenvalue weighted by Crippen LogP contribution is 2.40. The number of alkyl halides is 5. The number of nitro groups is 1. The average Bonchev–Trinajstić information content (AvgIpc) is 2.28. The van der Waals surface area contributed by atoms with Crippen LogP contribution in [0.1, 0.15) is 17.7 Å². The first-order valence-electron chi connectivity index (χ1n) is 4.74. The fourth-order valence-electron chi connectivity index (χ4n) is 1.33. The van der Waals surface area contributed by atoms with Gasteiger partial charge in [0.1, 0.15) is 11.8 Å². The van der Waals surface area contributed by atoms with Gasteiger partial charge < -0.3 is 4.74 Å². The molecule has 0 fully saturated rings. The molecule has 11 heteroatoms. The van der Waals surface area contributed by atoms with Gasteiger partial charge in [0.25, 0.3) is 12.1 Å². The topological polar surface area (TPSA) is 89.0 Å². The Labute approximate surface area is 107 Å². The van der Waals surface area contributed by atoms with Gasteiger partial charge >= 0.3 is 6.36 Å². The molecule has 1 aromatic heterocycles. The quantitative estimate of drug-likeness (QED) is 0.484. The SMILES string of the molecule is N#CCc1ncc([N+](=O)[O-])c(C(F)F)c1OC(F)(F)F. The fraction of sp³-hybridized carbons (Fsp3) is 0.333. The summed E-state index contributed by atoms with van der Waals surface area (Å²) in [6.45, 7) is 0. The molecule has 0 aliphatic carbocycles. The summed E-state index contributed by atoms with van der Waals surface area (Å²) < 4.78 is 65.5. The number of nitrogens with zero attached hydrogens (tertiary/aromatic N) is 3. The maximum absolute atomic E-state index is 12.8. The first kappa shape index (κ1) is 15.5. The van der Waals surface area contributed by atoms with Crippen molar-refractivity contribution in [1.29, 1.82) is 5.26 Å². The molecule has 0 saturated heterocycles. The number of hydrogen-bond donors (Lipinski definition) is 0. The van der Waals surface area contributed by atoms with Crippen LogP contribution in [0.25, 0.3) is 0 Å². The van der Waals surface area contributed by atoms with Crippen LogP contribution in [0.2, 0.25) is 0 Å². The van der Waals surface area contributed by atoms with Crippen molar-refractivity contribution in [1.82, 2.24) is 4.98 Å². The maximum Gasteiger partial charge on any atom is 0.573 e. The number of ether oxygens (including phenoxy) is 1. The van der Waals surface area contributed by atoms with Crippen molar-refractivity contribution < 1.29 is 31.6 Å². The molecule has 108 valence electrons. The first-order chi connectivity index (χ1) is 9.17. The van der Waals surface area contributed by atoms with E-state index in [-0.39, 0.29) is 0 Å². The van der Waals surface area contributed by atoms with Crippen molar-refractivity contribution >= 4 is 5.69 Å². The molecule has 0 unspecified atom stereocenters. The van der Waals surface area contributed by atoms with Crippen molar-refractivity contribution in [3.05, 3.63) is 27.6 Å². The zero-order valence-electron chi connectivity index (χ0n) is 9.32. The highest BCUT2D eigenvalue weighted by atomic mass is 19.4. The number of rotatable bonds is 4. The molecular formula is C9H4F5N3O3. The lowest BCUT2D eigenvalue weighted by molar-refractivity contribution is -0.386. The van der Waals surface area contributed by atoms with Gasteiger partial charge in [0.15, 0.2) is 5.75 Å². The molecule has 1 aromatic rings. The van der Waals surface area contributed by atoms with Crippen LogP contribution in [0.15, 0.2) is 6.20 Å². The van der Waals surface area contributed by atoms with E-state index in [1.54, 1.807) is 0 Å². The maximum atomic E-state index is 12.8. The molecule has 0 spiro atoms. The van der Waals surface area contributed by atoms with Crippen LogP contribution in [0.5, 0.6) is 5.75 Å². The molecule has 0 atom stereocenters. The Hall–Kier alpha value is -2.51. The van der Waals surface area contributed by atoms with Gasteiger partial charge in [-0.15, -0.1) is 13.2 Å². The van der Waals surface area contributed by atoms with Gasteiger partial charge in [-0.05, 0) is 0 Å². The number of nitriles is 1. The van der Waals surface area contributed by atoms with Gasteiger partial charge in [0.05, 0.1) is 23.1 Å². The van der Waals surface area contributed by atoms with E-state index in [2.05, 4.69) is 9.72 Å². The Morgan fingerprint density at radius 2 is 2.10 bits per heavy atom. The van der Waals surface area contributed by atoms with Gasteiger partial charge in [-0.1, -0.05) is 0 Å². The van der Waals surface area contributed by atoms with Crippen LogP contribution >= 0.6 is 0 Å². The number of hydrogen-bond acceptors (Lipinski definition) is 5. The van der Waals surface area contributed by atoms with Crippen molar-refractivity contribution in [2.45, 2.75) is 19.2 Å². The molecular weight excluding hydrogens is 293 g/mol. The second-order valence-electron chi connectivity index (χ2n) is 3.27. The smallest absolute Gasteiger partial charge is 0.403 e.